The number of rotatable bonds is 4. The fourth-order valence-electron chi connectivity index (χ4n) is 1.51. The first-order valence-corrected chi connectivity index (χ1v) is 6.90. The fraction of sp³-hybridized carbons (Fsp3) is 0.364. The first-order chi connectivity index (χ1) is 9.56. The third-order valence-corrected chi connectivity index (χ3v) is 2.99. The quantitative estimate of drug-likeness (QED) is 0.456. The third-order valence-electron chi connectivity index (χ3n) is 2.41. The molecule has 2 rings (SSSR count). The van der Waals surface area contributed by atoms with Crippen LogP contribution in [0.25, 0.3) is 11.2 Å². The Balaban J connectivity index is 2.54. The zero-order chi connectivity index (χ0) is 14.7. The molecule has 9 heteroatoms. The number of H-pyrrole nitrogens is 1. The summed E-state index contributed by atoms with van der Waals surface area (Å²) in [5.41, 5.74) is -0.0672. The van der Waals surface area contributed by atoms with Crippen LogP contribution < -0.4 is 5.56 Å². The summed E-state index contributed by atoms with van der Waals surface area (Å²) in [7, 11) is 0. The maximum Gasteiger partial charge on any atom is 0.358 e. The Labute approximate surface area is 117 Å². The zero-order valence-electron chi connectivity index (χ0n) is 10.8. The normalized spacial score (nSPS) is 10.8. The van der Waals surface area contributed by atoms with Gasteiger partial charge in [0.25, 0.3) is 5.56 Å². The molecule has 0 saturated carbocycles. The number of fused-ring (bicyclic) bond motifs is 1. The average molecular weight is 296 g/mol. The number of aryl methyl sites for hydroxylation is 1. The lowest BCUT2D eigenvalue weighted by Crippen LogP contribution is -2.18. The Morgan fingerprint density at radius 1 is 1.40 bits per heavy atom. The van der Waals surface area contributed by atoms with Gasteiger partial charge in [0.05, 0.1) is 12.3 Å². The number of aliphatic hydroxyl groups is 1. The first kappa shape index (κ1) is 14.4. The van der Waals surface area contributed by atoms with E-state index in [-0.39, 0.29) is 30.1 Å². The average Bonchev–Trinajstić information content (AvgIpc) is 2.43. The van der Waals surface area contributed by atoms with Crippen LogP contribution in [0.5, 0.6) is 0 Å². The van der Waals surface area contributed by atoms with Crippen LogP contribution in [0.4, 0.5) is 0 Å². The lowest BCUT2D eigenvalue weighted by atomic mass is 10.3. The van der Waals surface area contributed by atoms with Gasteiger partial charge in [0, 0.05) is 0 Å². The van der Waals surface area contributed by atoms with E-state index in [0.717, 1.165) is 0 Å². The molecule has 0 spiro atoms. The second-order valence-corrected chi connectivity index (χ2v) is 4.56. The van der Waals surface area contributed by atoms with E-state index in [1.165, 1.54) is 11.8 Å². The number of hydrogen-bond donors (Lipinski definition) is 2. The van der Waals surface area contributed by atoms with Crippen molar-refractivity contribution in [2.24, 2.45) is 0 Å². The second-order valence-electron chi connectivity index (χ2n) is 3.76. The molecule has 0 aliphatic heterocycles. The molecule has 0 aliphatic rings. The van der Waals surface area contributed by atoms with Crippen molar-refractivity contribution in [1.82, 2.24) is 19.9 Å². The maximum atomic E-state index is 11.9. The highest BCUT2D eigenvalue weighted by Crippen LogP contribution is 2.12. The Kier molecular flexibility index (Phi) is 4.30. The van der Waals surface area contributed by atoms with Gasteiger partial charge in [0.15, 0.2) is 22.0 Å². The van der Waals surface area contributed by atoms with Crippen LogP contribution in [-0.2, 0) is 4.74 Å². The van der Waals surface area contributed by atoms with E-state index < -0.39 is 11.5 Å². The summed E-state index contributed by atoms with van der Waals surface area (Å²) in [4.78, 5) is 38.3. The summed E-state index contributed by atoms with van der Waals surface area (Å²) in [6, 6.07) is 0. The molecule has 0 bridgehead atoms. The predicted octanol–water partition coefficient (Wildman–Crippen LogP) is -0.107. The van der Waals surface area contributed by atoms with E-state index in [1.54, 1.807) is 13.2 Å². The highest BCUT2D eigenvalue weighted by Gasteiger charge is 2.17. The van der Waals surface area contributed by atoms with Gasteiger partial charge in [-0.05, 0) is 13.2 Å². The molecule has 2 aromatic rings. The second kappa shape index (κ2) is 5.97. The third kappa shape index (κ3) is 2.78. The Morgan fingerprint density at radius 2 is 2.15 bits per heavy atom. The van der Waals surface area contributed by atoms with E-state index in [9.17, 15) is 9.59 Å². The number of nitrogens with one attached hydrogen (secondary N) is 1. The number of nitrogens with zero attached hydrogens (tertiary/aromatic N) is 3. The first-order valence-electron chi connectivity index (χ1n) is 5.67. The van der Waals surface area contributed by atoms with Gasteiger partial charge >= 0.3 is 5.97 Å². The van der Waals surface area contributed by atoms with Crippen LogP contribution in [-0.4, -0.2) is 50.5 Å². The fourth-order valence-corrected chi connectivity index (χ4v) is 1.89. The van der Waals surface area contributed by atoms with Crippen molar-refractivity contribution in [3.63, 3.8) is 0 Å². The van der Waals surface area contributed by atoms with Crippen molar-refractivity contribution in [2.75, 3.05) is 19.5 Å². The minimum atomic E-state index is -0.737. The van der Waals surface area contributed by atoms with Crippen LogP contribution in [0.2, 0.25) is 0 Å². The molecule has 2 heterocycles. The number of thioether (sulfide) groups is 1. The molecule has 2 N–H and O–H groups in total. The molecular weight excluding hydrogens is 284 g/mol. The number of esters is 1. The molecule has 0 atom stereocenters. The van der Waals surface area contributed by atoms with Crippen LogP contribution in [0.3, 0.4) is 0 Å². The van der Waals surface area contributed by atoms with Gasteiger partial charge < -0.3 is 9.84 Å². The number of carbonyl (C=O) groups is 1. The number of aliphatic hydroxyl groups excluding tert-OH is 1. The number of ether oxygens (including phenoxy) is 1. The van der Waals surface area contributed by atoms with Crippen LogP contribution >= 0.6 is 11.8 Å². The molecule has 0 aromatic carbocycles. The van der Waals surface area contributed by atoms with Gasteiger partial charge in [-0.2, -0.15) is 0 Å². The van der Waals surface area contributed by atoms with E-state index in [4.69, 9.17) is 9.84 Å². The molecule has 2 aromatic heterocycles. The van der Waals surface area contributed by atoms with Crippen LogP contribution in [0, 0.1) is 6.92 Å². The topological polar surface area (TPSA) is 118 Å². The number of aromatic nitrogens is 4. The van der Waals surface area contributed by atoms with E-state index in [1.807, 2.05) is 0 Å². The largest absolute Gasteiger partial charge is 0.458 e. The van der Waals surface area contributed by atoms with Gasteiger partial charge in [0.2, 0.25) is 0 Å². The maximum absolute atomic E-state index is 11.9. The number of aromatic amines is 1. The van der Waals surface area contributed by atoms with Crippen molar-refractivity contribution >= 4 is 28.9 Å². The molecule has 106 valence electrons. The van der Waals surface area contributed by atoms with Crippen molar-refractivity contribution in [3.05, 3.63) is 21.7 Å². The molecule has 0 unspecified atom stereocenters. The summed E-state index contributed by atoms with van der Waals surface area (Å²) in [5, 5.41) is 9.05. The summed E-state index contributed by atoms with van der Waals surface area (Å²) < 4.78 is 4.76. The van der Waals surface area contributed by atoms with Gasteiger partial charge in [-0.1, -0.05) is 11.8 Å². The Morgan fingerprint density at radius 3 is 2.80 bits per heavy atom. The van der Waals surface area contributed by atoms with E-state index in [0.29, 0.717) is 10.9 Å². The summed E-state index contributed by atoms with van der Waals surface area (Å²) in [6.07, 6.45) is 1.77. The van der Waals surface area contributed by atoms with Crippen molar-refractivity contribution in [3.8, 4) is 0 Å². The highest BCUT2D eigenvalue weighted by molar-refractivity contribution is 7.98. The lowest BCUT2D eigenvalue weighted by molar-refractivity contribution is 0.0426. The van der Waals surface area contributed by atoms with Gasteiger partial charge in [-0.15, -0.1) is 0 Å². The minimum absolute atomic E-state index is 0.0238. The smallest absolute Gasteiger partial charge is 0.358 e. The standard InChI is InChI=1S/C11H12N4O4S/c1-5-6(10(18)19-4-3-16)13-7-8(12-5)14-11(20-2)15-9(7)17/h16H,3-4H2,1-2H3,(H,12,14,15,17). The summed E-state index contributed by atoms with van der Waals surface area (Å²) in [5.74, 6) is -0.737. The van der Waals surface area contributed by atoms with Crippen LogP contribution in [0.1, 0.15) is 16.2 Å². The minimum Gasteiger partial charge on any atom is -0.458 e. The monoisotopic (exact) mass is 296 g/mol. The van der Waals surface area contributed by atoms with Crippen molar-refractivity contribution < 1.29 is 14.6 Å². The lowest BCUT2D eigenvalue weighted by Gasteiger charge is -2.06. The molecule has 0 fully saturated rings. The van der Waals surface area contributed by atoms with Crippen LogP contribution in [0.15, 0.2) is 9.95 Å². The highest BCUT2D eigenvalue weighted by atomic mass is 32.2. The molecule has 0 amide bonds. The molecule has 0 aliphatic carbocycles. The van der Waals surface area contributed by atoms with E-state index in [2.05, 4.69) is 19.9 Å². The number of carbonyl (C=O) groups excluding carboxylic acids is 1. The van der Waals surface area contributed by atoms with Crippen molar-refractivity contribution in [1.29, 1.82) is 0 Å². The number of hydrogen-bond acceptors (Lipinski definition) is 8. The van der Waals surface area contributed by atoms with E-state index >= 15 is 0 Å². The molecule has 0 saturated heterocycles. The molecule has 20 heavy (non-hydrogen) atoms. The SMILES string of the molecule is CSc1nc2nc(C)c(C(=O)OCCO)nc2c(=O)[nH]1. The molecule has 8 nitrogen and oxygen atoms in total. The summed E-state index contributed by atoms with van der Waals surface area (Å²) in [6.45, 7) is 1.15. The Bertz CT molecular complexity index is 715. The van der Waals surface area contributed by atoms with Gasteiger partial charge in [-0.25, -0.2) is 19.7 Å². The molecule has 0 radical (unpaired) electrons. The summed E-state index contributed by atoms with van der Waals surface area (Å²) >= 11 is 1.27. The van der Waals surface area contributed by atoms with Gasteiger partial charge in [0.1, 0.15) is 6.61 Å². The Hall–Kier alpha value is -2.00. The zero-order valence-corrected chi connectivity index (χ0v) is 11.7. The van der Waals surface area contributed by atoms with Crippen molar-refractivity contribution in [2.45, 2.75) is 12.1 Å². The van der Waals surface area contributed by atoms with Gasteiger partial charge in [-0.3, -0.25) is 9.78 Å². The molecular formula is C11H12N4O4S. The predicted molar refractivity (Wildman–Crippen MR) is 71.8 cm³/mol.